The molecule has 13 heavy (non-hydrogen) atoms. The number of rotatable bonds is 0. The Morgan fingerprint density at radius 1 is 1.38 bits per heavy atom. The fraction of sp³-hybridized carbons (Fsp3) is 0.300. The first kappa shape index (κ1) is 10.5. The van der Waals surface area contributed by atoms with Crippen LogP contribution in [0.3, 0.4) is 0 Å². The summed E-state index contributed by atoms with van der Waals surface area (Å²) in [7, 11) is 2.09. The van der Waals surface area contributed by atoms with Crippen molar-refractivity contribution in [1.82, 2.24) is 0 Å². The minimum atomic E-state index is 0. The molecular weight excluding hydrogens is 275 g/mol. The van der Waals surface area contributed by atoms with Crippen LogP contribution in [0.15, 0.2) is 18.2 Å². The van der Waals surface area contributed by atoms with Crippen LogP contribution in [0, 0.1) is 0 Å². The molecule has 1 aromatic carbocycles. The van der Waals surface area contributed by atoms with Gasteiger partial charge >= 0.3 is 0 Å². The average Bonchev–Trinajstić information content (AvgIpc) is 2.03. The smallest absolute Gasteiger partial charge is 0.170 e. The van der Waals surface area contributed by atoms with E-state index >= 15 is 0 Å². The van der Waals surface area contributed by atoms with Crippen LogP contribution in [0.2, 0.25) is 0 Å². The lowest BCUT2D eigenvalue weighted by molar-refractivity contribution is -0.493. The topological polar surface area (TPSA) is 29.0 Å². The maximum absolute atomic E-state index is 5.69. The molecule has 0 spiro atoms. The molecule has 3 heteroatoms. The minimum absolute atomic E-state index is 0. The highest BCUT2D eigenvalue weighted by molar-refractivity contribution is 5.80. The lowest BCUT2D eigenvalue weighted by atomic mass is 10.0. The van der Waals surface area contributed by atoms with E-state index in [9.17, 15) is 0 Å². The van der Waals surface area contributed by atoms with Crippen molar-refractivity contribution >= 4 is 11.9 Å². The van der Waals surface area contributed by atoms with E-state index in [0.29, 0.717) is 0 Å². The molecule has 0 aliphatic carbocycles. The molecule has 1 aromatic rings. The largest absolute Gasteiger partial charge is 1.00 e. The number of benzene rings is 1. The summed E-state index contributed by atoms with van der Waals surface area (Å²) < 4.78 is 2.20. The zero-order valence-corrected chi connectivity index (χ0v) is 9.78. The molecule has 1 heterocycles. The molecule has 2 N–H and O–H groups in total. The van der Waals surface area contributed by atoms with Crippen LogP contribution in [0.5, 0.6) is 0 Å². The molecule has 1 aliphatic rings. The minimum Gasteiger partial charge on any atom is -1.00 e. The Kier molecular flexibility index (Phi) is 3.30. The molecule has 0 atom stereocenters. The SMILES string of the molecule is C[N+]1=Cc2cc(N)ccc2CC1.[I-]. The highest BCUT2D eigenvalue weighted by Gasteiger charge is 2.11. The summed E-state index contributed by atoms with van der Waals surface area (Å²) in [6.45, 7) is 1.11. The molecule has 0 saturated carbocycles. The summed E-state index contributed by atoms with van der Waals surface area (Å²) in [4.78, 5) is 0. The Morgan fingerprint density at radius 2 is 2.15 bits per heavy atom. The molecule has 0 unspecified atom stereocenters. The van der Waals surface area contributed by atoms with Crippen molar-refractivity contribution in [3.63, 3.8) is 0 Å². The lowest BCUT2D eigenvalue weighted by Gasteiger charge is -2.09. The van der Waals surface area contributed by atoms with Crippen molar-refractivity contribution in [2.45, 2.75) is 6.42 Å². The third kappa shape index (κ3) is 2.21. The van der Waals surface area contributed by atoms with Gasteiger partial charge in [-0.3, -0.25) is 0 Å². The summed E-state index contributed by atoms with van der Waals surface area (Å²) in [6.07, 6.45) is 3.28. The Morgan fingerprint density at radius 3 is 2.92 bits per heavy atom. The molecule has 0 saturated heterocycles. The fourth-order valence-electron chi connectivity index (χ4n) is 1.56. The highest BCUT2D eigenvalue weighted by atomic mass is 127. The van der Waals surface area contributed by atoms with Crippen molar-refractivity contribution in [2.75, 3.05) is 19.3 Å². The summed E-state index contributed by atoms with van der Waals surface area (Å²) in [6, 6.07) is 6.12. The maximum atomic E-state index is 5.69. The van der Waals surface area contributed by atoms with Gasteiger partial charge in [0.25, 0.3) is 0 Å². The van der Waals surface area contributed by atoms with Crippen LogP contribution >= 0.6 is 0 Å². The van der Waals surface area contributed by atoms with E-state index in [1.165, 1.54) is 11.1 Å². The molecule has 0 radical (unpaired) electrons. The van der Waals surface area contributed by atoms with Gasteiger partial charge in [0.2, 0.25) is 0 Å². The first-order chi connectivity index (χ1) is 5.75. The van der Waals surface area contributed by atoms with Crippen molar-refractivity contribution in [2.24, 2.45) is 0 Å². The second-order valence-corrected chi connectivity index (χ2v) is 3.32. The molecule has 0 amide bonds. The zero-order chi connectivity index (χ0) is 8.55. The van der Waals surface area contributed by atoms with E-state index in [4.69, 9.17) is 5.73 Å². The van der Waals surface area contributed by atoms with Gasteiger partial charge in [0.1, 0.15) is 13.6 Å². The summed E-state index contributed by atoms with van der Waals surface area (Å²) in [5, 5.41) is 0. The summed E-state index contributed by atoms with van der Waals surface area (Å²) >= 11 is 0. The molecule has 0 fully saturated rings. The summed E-state index contributed by atoms with van der Waals surface area (Å²) in [5.74, 6) is 0. The molecule has 1 aliphatic heterocycles. The van der Waals surface area contributed by atoms with Gasteiger partial charge in [-0.1, -0.05) is 6.07 Å². The molecule has 0 aromatic heterocycles. The van der Waals surface area contributed by atoms with Crippen LogP contribution < -0.4 is 29.7 Å². The number of likely N-dealkylation sites (N-methyl/N-ethyl adjacent to an activating group) is 1. The van der Waals surface area contributed by atoms with Gasteiger partial charge in [-0.25, -0.2) is 4.58 Å². The van der Waals surface area contributed by atoms with Gasteiger partial charge in [0.15, 0.2) is 6.21 Å². The molecular formula is C10H13IN2. The van der Waals surface area contributed by atoms with E-state index in [0.717, 1.165) is 18.7 Å². The molecule has 70 valence electrons. The molecule has 2 nitrogen and oxygen atoms in total. The number of nitrogen functional groups attached to an aromatic ring is 1. The van der Waals surface area contributed by atoms with Crippen molar-refractivity contribution in [3.05, 3.63) is 29.3 Å². The van der Waals surface area contributed by atoms with Gasteiger partial charge in [-0.05, 0) is 17.7 Å². The molecule has 0 bridgehead atoms. The number of nitrogens with zero attached hydrogens (tertiary/aromatic N) is 1. The first-order valence-corrected chi connectivity index (χ1v) is 4.19. The summed E-state index contributed by atoms with van der Waals surface area (Å²) in [5.41, 5.74) is 9.21. The van der Waals surface area contributed by atoms with E-state index in [1.54, 1.807) is 0 Å². The van der Waals surface area contributed by atoms with Crippen LogP contribution in [0.4, 0.5) is 5.69 Å². The Bertz CT molecular complexity index is 345. The van der Waals surface area contributed by atoms with Gasteiger partial charge in [-0.2, -0.15) is 0 Å². The van der Waals surface area contributed by atoms with Crippen LogP contribution in [0.25, 0.3) is 0 Å². The Balaban J connectivity index is 0.000000845. The predicted molar refractivity (Wildman–Crippen MR) is 50.8 cm³/mol. The van der Waals surface area contributed by atoms with Gasteiger partial charge in [0.05, 0.1) is 0 Å². The van der Waals surface area contributed by atoms with Gasteiger partial charge in [0, 0.05) is 17.7 Å². The predicted octanol–water partition coefficient (Wildman–Crippen LogP) is -2.11. The molecule has 2 rings (SSSR count). The van der Waals surface area contributed by atoms with E-state index in [2.05, 4.69) is 23.9 Å². The second kappa shape index (κ2) is 4.09. The number of anilines is 1. The normalized spacial score (nSPS) is 14.1. The van der Waals surface area contributed by atoms with E-state index < -0.39 is 0 Å². The third-order valence-electron chi connectivity index (χ3n) is 2.26. The number of hydrogen-bond donors (Lipinski definition) is 1. The zero-order valence-electron chi connectivity index (χ0n) is 7.63. The lowest BCUT2D eigenvalue weighted by Crippen LogP contribution is -3.00. The van der Waals surface area contributed by atoms with Gasteiger partial charge in [-0.15, -0.1) is 0 Å². The Hall–Kier alpha value is -0.580. The average molecular weight is 288 g/mol. The monoisotopic (exact) mass is 288 g/mol. The first-order valence-electron chi connectivity index (χ1n) is 4.19. The van der Waals surface area contributed by atoms with Gasteiger partial charge < -0.3 is 29.7 Å². The number of nitrogens with two attached hydrogens (primary N) is 1. The third-order valence-corrected chi connectivity index (χ3v) is 2.26. The van der Waals surface area contributed by atoms with Crippen molar-refractivity contribution < 1.29 is 28.6 Å². The fourth-order valence-corrected chi connectivity index (χ4v) is 1.56. The highest BCUT2D eigenvalue weighted by Crippen LogP contribution is 2.14. The quantitative estimate of drug-likeness (QED) is 0.330. The van der Waals surface area contributed by atoms with E-state index in [-0.39, 0.29) is 24.0 Å². The Labute approximate surface area is 95.5 Å². The van der Waals surface area contributed by atoms with Crippen molar-refractivity contribution in [3.8, 4) is 0 Å². The van der Waals surface area contributed by atoms with E-state index in [1.807, 2.05) is 12.1 Å². The van der Waals surface area contributed by atoms with Crippen molar-refractivity contribution in [1.29, 1.82) is 0 Å². The maximum Gasteiger partial charge on any atom is 0.170 e. The number of fused-ring (bicyclic) bond motifs is 1. The second-order valence-electron chi connectivity index (χ2n) is 3.32. The standard InChI is InChI=1S/C10H13N2.HI/c1-12-5-4-8-2-3-10(11)6-9(8)7-12;/h2-3,6-7H,4-5,11H2,1H3;1H/q+1;/p-1. The van der Waals surface area contributed by atoms with Crippen LogP contribution in [0.1, 0.15) is 11.1 Å². The number of hydrogen-bond acceptors (Lipinski definition) is 1. The number of halogens is 1. The van der Waals surface area contributed by atoms with Crippen LogP contribution in [-0.2, 0) is 6.42 Å². The van der Waals surface area contributed by atoms with Crippen LogP contribution in [-0.4, -0.2) is 24.4 Å².